The van der Waals surface area contributed by atoms with Gasteiger partial charge in [0.15, 0.2) is 0 Å². The zero-order chi connectivity index (χ0) is 13.5. The molecule has 0 amide bonds. The lowest BCUT2D eigenvalue weighted by atomic mass is 10.1. The predicted molar refractivity (Wildman–Crippen MR) is 73.9 cm³/mol. The highest BCUT2D eigenvalue weighted by Gasteiger charge is 2.04. The molecule has 0 fully saturated rings. The molecule has 5 heteroatoms. The number of benzene rings is 1. The van der Waals surface area contributed by atoms with Crippen LogP contribution in [0.5, 0.6) is 0 Å². The second kappa shape index (κ2) is 6.82. The van der Waals surface area contributed by atoms with Crippen molar-refractivity contribution in [2.75, 3.05) is 20.3 Å². The summed E-state index contributed by atoms with van der Waals surface area (Å²) in [7, 11) is 1.65. The molecule has 0 unspecified atom stereocenters. The standard InChI is InChI=1S/C14H17N3O2/c1-19-8-7-15-10-12-9-13(16-17-14(12)18)11-5-3-2-4-6-11/h2-6,9,15H,7-8,10H2,1H3,(H,17,18). The van der Waals surface area contributed by atoms with E-state index in [4.69, 9.17) is 4.74 Å². The molecule has 0 aliphatic carbocycles. The summed E-state index contributed by atoms with van der Waals surface area (Å²) < 4.78 is 4.94. The third kappa shape index (κ3) is 3.74. The van der Waals surface area contributed by atoms with E-state index >= 15 is 0 Å². The Kier molecular flexibility index (Phi) is 4.83. The van der Waals surface area contributed by atoms with Crippen LogP contribution in [0.3, 0.4) is 0 Å². The van der Waals surface area contributed by atoms with Gasteiger partial charge in [0, 0.05) is 31.3 Å². The first-order valence-electron chi connectivity index (χ1n) is 6.15. The van der Waals surface area contributed by atoms with Crippen molar-refractivity contribution in [2.45, 2.75) is 6.54 Å². The number of nitrogens with one attached hydrogen (secondary N) is 2. The van der Waals surface area contributed by atoms with Gasteiger partial charge in [0.25, 0.3) is 5.56 Å². The summed E-state index contributed by atoms with van der Waals surface area (Å²) in [6.07, 6.45) is 0. The second-order valence-electron chi connectivity index (χ2n) is 4.14. The molecule has 0 bridgehead atoms. The molecule has 19 heavy (non-hydrogen) atoms. The normalized spacial score (nSPS) is 10.6. The number of nitrogens with zero attached hydrogens (tertiary/aromatic N) is 1. The van der Waals surface area contributed by atoms with Crippen molar-refractivity contribution in [3.8, 4) is 11.3 Å². The lowest BCUT2D eigenvalue weighted by Crippen LogP contribution is -2.24. The van der Waals surface area contributed by atoms with Gasteiger partial charge in [-0.25, -0.2) is 5.10 Å². The number of H-pyrrole nitrogens is 1. The molecular weight excluding hydrogens is 242 g/mol. The summed E-state index contributed by atoms with van der Waals surface area (Å²) in [5.41, 5.74) is 2.26. The van der Waals surface area contributed by atoms with E-state index < -0.39 is 0 Å². The molecule has 0 atom stereocenters. The van der Waals surface area contributed by atoms with Crippen LogP contribution in [0.1, 0.15) is 5.56 Å². The number of aromatic nitrogens is 2. The van der Waals surface area contributed by atoms with E-state index in [1.54, 1.807) is 7.11 Å². The van der Waals surface area contributed by atoms with Crippen LogP contribution >= 0.6 is 0 Å². The number of hydrogen-bond acceptors (Lipinski definition) is 4. The monoisotopic (exact) mass is 259 g/mol. The fourth-order valence-electron chi connectivity index (χ4n) is 1.73. The minimum Gasteiger partial charge on any atom is -0.383 e. The summed E-state index contributed by atoms with van der Waals surface area (Å²) in [5.74, 6) is 0. The molecule has 0 radical (unpaired) electrons. The summed E-state index contributed by atoms with van der Waals surface area (Å²) >= 11 is 0. The third-order valence-corrected chi connectivity index (χ3v) is 2.75. The Balaban J connectivity index is 2.13. The Morgan fingerprint density at radius 1 is 1.32 bits per heavy atom. The zero-order valence-corrected chi connectivity index (χ0v) is 10.8. The maximum atomic E-state index is 11.7. The van der Waals surface area contributed by atoms with Crippen LogP contribution in [0.4, 0.5) is 0 Å². The average Bonchev–Trinajstić information content (AvgIpc) is 2.46. The van der Waals surface area contributed by atoms with Crippen LogP contribution < -0.4 is 10.9 Å². The quantitative estimate of drug-likeness (QED) is 0.764. The molecule has 2 rings (SSSR count). The van der Waals surface area contributed by atoms with Crippen LogP contribution in [0.2, 0.25) is 0 Å². The molecule has 0 spiro atoms. The molecule has 2 aromatic rings. The van der Waals surface area contributed by atoms with Gasteiger partial charge in [0.1, 0.15) is 0 Å². The first kappa shape index (κ1) is 13.5. The minimum absolute atomic E-state index is 0.162. The topological polar surface area (TPSA) is 67.0 Å². The zero-order valence-electron chi connectivity index (χ0n) is 10.8. The average molecular weight is 259 g/mol. The molecular formula is C14H17N3O2. The van der Waals surface area contributed by atoms with Crippen LogP contribution in [0, 0.1) is 0 Å². The molecule has 5 nitrogen and oxygen atoms in total. The molecule has 0 aliphatic rings. The fraction of sp³-hybridized carbons (Fsp3) is 0.286. The molecule has 0 saturated carbocycles. The van der Waals surface area contributed by atoms with Crippen molar-refractivity contribution in [3.63, 3.8) is 0 Å². The largest absolute Gasteiger partial charge is 0.383 e. The summed E-state index contributed by atoms with van der Waals surface area (Å²) in [5, 5.41) is 9.74. The van der Waals surface area contributed by atoms with E-state index in [1.165, 1.54) is 0 Å². The Morgan fingerprint density at radius 2 is 2.11 bits per heavy atom. The first-order chi connectivity index (χ1) is 9.31. The maximum Gasteiger partial charge on any atom is 0.268 e. The number of rotatable bonds is 6. The molecule has 0 aliphatic heterocycles. The van der Waals surface area contributed by atoms with Gasteiger partial charge < -0.3 is 10.1 Å². The van der Waals surface area contributed by atoms with Gasteiger partial charge in [-0.2, -0.15) is 5.10 Å². The number of methoxy groups -OCH3 is 1. The highest BCUT2D eigenvalue weighted by atomic mass is 16.5. The number of ether oxygens (including phenoxy) is 1. The highest BCUT2D eigenvalue weighted by molar-refractivity contribution is 5.58. The summed E-state index contributed by atoms with van der Waals surface area (Å²) in [6.45, 7) is 1.83. The Morgan fingerprint density at radius 3 is 2.84 bits per heavy atom. The van der Waals surface area contributed by atoms with Gasteiger partial charge >= 0.3 is 0 Å². The van der Waals surface area contributed by atoms with Crippen LogP contribution in [-0.4, -0.2) is 30.5 Å². The van der Waals surface area contributed by atoms with Gasteiger partial charge in [-0.3, -0.25) is 4.79 Å². The van der Waals surface area contributed by atoms with Crippen LogP contribution in [0.25, 0.3) is 11.3 Å². The van der Waals surface area contributed by atoms with Gasteiger partial charge in [-0.15, -0.1) is 0 Å². The van der Waals surface area contributed by atoms with E-state index in [0.29, 0.717) is 25.3 Å². The highest BCUT2D eigenvalue weighted by Crippen LogP contribution is 2.14. The van der Waals surface area contributed by atoms with E-state index in [-0.39, 0.29) is 5.56 Å². The number of aromatic amines is 1. The Labute approximate surface area is 111 Å². The predicted octanol–water partition coefficient (Wildman–Crippen LogP) is 1.17. The van der Waals surface area contributed by atoms with Crippen molar-refractivity contribution >= 4 is 0 Å². The molecule has 2 N–H and O–H groups in total. The molecule has 1 heterocycles. The minimum atomic E-state index is -0.162. The second-order valence-corrected chi connectivity index (χ2v) is 4.14. The maximum absolute atomic E-state index is 11.7. The first-order valence-corrected chi connectivity index (χ1v) is 6.15. The van der Waals surface area contributed by atoms with Gasteiger partial charge in [-0.05, 0) is 6.07 Å². The smallest absolute Gasteiger partial charge is 0.268 e. The van der Waals surface area contributed by atoms with E-state index in [0.717, 1.165) is 11.3 Å². The molecule has 1 aromatic carbocycles. The summed E-state index contributed by atoms with van der Waals surface area (Å²) in [4.78, 5) is 11.7. The Hall–Kier alpha value is -1.98. The van der Waals surface area contributed by atoms with Crippen LogP contribution in [-0.2, 0) is 11.3 Å². The van der Waals surface area contributed by atoms with Gasteiger partial charge in [0.2, 0.25) is 0 Å². The molecule has 1 aromatic heterocycles. The van der Waals surface area contributed by atoms with E-state index in [1.807, 2.05) is 36.4 Å². The fourth-order valence-corrected chi connectivity index (χ4v) is 1.73. The SMILES string of the molecule is COCCNCc1cc(-c2ccccc2)n[nH]c1=O. The molecule has 100 valence electrons. The van der Waals surface area contributed by atoms with Crippen molar-refractivity contribution in [1.82, 2.24) is 15.5 Å². The third-order valence-electron chi connectivity index (χ3n) is 2.75. The van der Waals surface area contributed by atoms with Crippen LogP contribution in [0.15, 0.2) is 41.2 Å². The van der Waals surface area contributed by atoms with E-state index in [2.05, 4.69) is 15.5 Å². The lowest BCUT2D eigenvalue weighted by Gasteiger charge is -2.05. The summed E-state index contributed by atoms with van der Waals surface area (Å²) in [6, 6.07) is 11.6. The van der Waals surface area contributed by atoms with Crippen molar-refractivity contribution in [3.05, 3.63) is 52.3 Å². The van der Waals surface area contributed by atoms with Gasteiger partial charge in [0.05, 0.1) is 12.3 Å². The lowest BCUT2D eigenvalue weighted by molar-refractivity contribution is 0.199. The van der Waals surface area contributed by atoms with Crippen molar-refractivity contribution < 1.29 is 4.74 Å². The van der Waals surface area contributed by atoms with Crippen molar-refractivity contribution in [2.24, 2.45) is 0 Å². The number of hydrogen-bond donors (Lipinski definition) is 2. The molecule has 0 saturated heterocycles. The van der Waals surface area contributed by atoms with Crippen molar-refractivity contribution in [1.29, 1.82) is 0 Å². The Bertz CT molecular complexity index is 566. The van der Waals surface area contributed by atoms with Gasteiger partial charge in [-0.1, -0.05) is 30.3 Å². The van der Waals surface area contributed by atoms with E-state index in [9.17, 15) is 4.79 Å².